The number of anilines is 1. The first kappa shape index (κ1) is 12.9. The number of nitrogens with zero attached hydrogens (tertiary/aromatic N) is 1. The summed E-state index contributed by atoms with van der Waals surface area (Å²) in [5, 5.41) is 12.0. The highest BCUT2D eigenvalue weighted by Gasteiger charge is 2.19. The van der Waals surface area contributed by atoms with Crippen LogP contribution in [0.3, 0.4) is 0 Å². The lowest BCUT2D eigenvalue weighted by atomic mass is 10.1. The highest BCUT2D eigenvalue weighted by atomic mass is 79.9. The van der Waals surface area contributed by atoms with Crippen LogP contribution in [-0.2, 0) is 4.79 Å². The van der Waals surface area contributed by atoms with E-state index < -0.39 is 5.97 Å². The van der Waals surface area contributed by atoms with E-state index in [1.54, 1.807) is 18.2 Å². The second kappa shape index (κ2) is 5.39. The van der Waals surface area contributed by atoms with Crippen molar-refractivity contribution in [3.05, 3.63) is 28.2 Å². The minimum Gasteiger partial charge on any atom is -0.478 e. The summed E-state index contributed by atoms with van der Waals surface area (Å²) in [7, 11) is 0. The molecule has 0 unspecified atom stereocenters. The van der Waals surface area contributed by atoms with Gasteiger partial charge in [-0.1, -0.05) is 15.9 Å². The summed E-state index contributed by atoms with van der Waals surface area (Å²) in [5.41, 5.74) is 0.904. The van der Waals surface area contributed by atoms with Crippen molar-refractivity contribution >= 4 is 33.5 Å². The van der Waals surface area contributed by atoms with Gasteiger partial charge in [0.25, 0.3) is 0 Å². The van der Waals surface area contributed by atoms with Gasteiger partial charge in [-0.2, -0.15) is 0 Å². The molecule has 1 aromatic rings. The molecule has 0 aliphatic carbocycles. The van der Waals surface area contributed by atoms with E-state index in [1.165, 1.54) is 0 Å². The number of carbonyl (C=O) groups is 2. The van der Waals surface area contributed by atoms with Crippen LogP contribution in [0.25, 0.3) is 0 Å². The molecule has 1 saturated heterocycles. The highest BCUT2D eigenvalue weighted by molar-refractivity contribution is 9.10. The second-order valence-electron chi connectivity index (χ2n) is 4.05. The van der Waals surface area contributed by atoms with Gasteiger partial charge in [0.2, 0.25) is 5.91 Å². The third-order valence-electron chi connectivity index (χ3n) is 2.84. The molecule has 6 heteroatoms. The number of benzene rings is 1. The number of carboxylic acid groups (broad SMARTS) is 1. The molecule has 1 aliphatic rings. The summed E-state index contributed by atoms with van der Waals surface area (Å²) in [4.78, 5) is 24.4. The zero-order chi connectivity index (χ0) is 13.1. The second-order valence-corrected chi connectivity index (χ2v) is 4.97. The minimum absolute atomic E-state index is 0.00405. The summed E-state index contributed by atoms with van der Waals surface area (Å²) in [6, 6.07) is 5.05. The SMILES string of the molecule is O=C1CCN(c2cc(Br)ccc2C(=O)O)CCN1. The lowest BCUT2D eigenvalue weighted by Gasteiger charge is -2.23. The molecule has 0 aromatic heterocycles. The molecule has 0 atom stereocenters. The third-order valence-corrected chi connectivity index (χ3v) is 3.34. The Morgan fingerprint density at radius 2 is 2.17 bits per heavy atom. The van der Waals surface area contributed by atoms with Crippen molar-refractivity contribution in [3.8, 4) is 0 Å². The first-order valence-electron chi connectivity index (χ1n) is 5.62. The molecule has 18 heavy (non-hydrogen) atoms. The molecule has 5 nitrogen and oxygen atoms in total. The van der Waals surface area contributed by atoms with Crippen LogP contribution in [0.4, 0.5) is 5.69 Å². The van der Waals surface area contributed by atoms with Gasteiger partial charge in [-0.25, -0.2) is 4.79 Å². The zero-order valence-electron chi connectivity index (χ0n) is 9.65. The number of hydrogen-bond acceptors (Lipinski definition) is 3. The van der Waals surface area contributed by atoms with Crippen molar-refractivity contribution < 1.29 is 14.7 Å². The molecular weight excluding hydrogens is 300 g/mol. The predicted molar refractivity (Wildman–Crippen MR) is 70.9 cm³/mol. The van der Waals surface area contributed by atoms with Crippen LogP contribution in [0, 0.1) is 0 Å². The van der Waals surface area contributed by atoms with Gasteiger partial charge < -0.3 is 15.3 Å². The summed E-state index contributed by atoms with van der Waals surface area (Å²) >= 11 is 3.34. The summed E-state index contributed by atoms with van der Waals surface area (Å²) in [5.74, 6) is -0.953. The van der Waals surface area contributed by atoms with Gasteiger partial charge in [0.05, 0.1) is 11.3 Å². The number of halogens is 1. The molecule has 1 amide bonds. The summed E-state index contributed by atoms with van der Waals surface area (Å²) in [6.07, 6.45) is 0.381. The Labute approximate surface area is 113 Å². The molecule has 96 valence electrons. The van der Waals surface area contributed by atoms with Gasteiger partial charge >= 0.3 is 5.97 Å². The van der Waals surface area contributed by atoms with Gasteiger partial charge in [0.15, 0.2) is 0 Å². The number of carbonyl (C=O) groups excluding carboxylic acids is 1. The van der Waals surface area contributed by atoms with Gasteiger partial charge in [0.1, 0.15) is 0 Å². The van der Waals surface area contributed by atoms with Crippen LogP contribution in [0.1, 0.15) is 16.8 Å². The topological polar surface area (TPSA) is 69.6 Å². The van der Waals surface area contributed by atoms with Gasteiger partial charge in [-0.05, 0) is 18.2 Å². The van der Waals surface area contributed by atoms with Crippen molar-refractivity contribution in [3.63, 3.8) is 0 Å². The van der Waals surface area contributed by atoms with Crippen molar-refractivity contribution in [2.45, 2.75) is 6.42 Å². The average molecular weight is 313 g/mol. The van der Waals surface area contributed by atoms with Crippen LogP contribution in [0.5, 0.6) is 0 Å². The van der Waals surface area contributed by atoms with E-state index in [1.807, 2.05) is 4.90 Å². The monoisotopic (exact) mass is 312 g/mol. The van der Waals surface area contributed by atoms with Crippen LogP contribution in [0.2, 0.25) is 0 Å². The summed E-state index contributed by atoms with van der Waals surface area (Å²) < 4.78 is 0.825. The molecule has 1 aromatic carbocycles. The van der Waals surface area contributed by atoms with Crippen molar-refractivity contribution in [2.75, 3.05) is 24.5 Å². The third kappa shape index (κ3) is 2.81. The molecule has 2 N–H and O–H groups in total. The summed E-state index contributed by atoms with van der Waals surface area (Å²) in [6.45, 7) is 1.68. The Balaban J connectivity index is 2.33. The fourth-order valence-corrected chi connectivity index (χ4v) is 2.30. The van der Waals surface area contributed by atoms with Crippen LogP contribution in [0.15, 0.2) is 22.7 Å². The Hall–Kier alpha value is -1.56. The first-order valence-corrected chi connectivity index (χ1v) is 6.42. The quantitative estimate of drug-likeness (QED) is 0.867. The van der Waals surface area contributed by atoms with Crippen LogP contribution in [-0.4, -0.2) is 36.6 Å². The van der Waals surface area contributed by atoms with E-state index in [2.05, 4.69) is 21.2 Å². The normalized spacial score (nSPS) is 16.1. The number of aromatic carboxylic acids is 1. The first-order chi connectivity index (χ1) is 8.58. The fourth-order valence-electron chi connectivity index (χ4n) is 1.96. The maximum atomic E-state index is 11.3. The Morgan fingerprint density at radius 1 is 1.39 bits per heavy atom. The van der Waals surface area contributed by atoms with E-state index >= 15 is 0 Å². The lowest BCUT2D eigenvalue weighted by Crippen LogP contribution is -2.29. The number of carboxylic acids is 1. The molecule has 0 saturated carbocycles. The molecule has 1 aliphatic heterocycles. The van der Waals surface area contributed by atoms with Crippen molar-refractivity contribution in [1.82, 2.24) is 5.32 Å². The van der Waals surface area contributed by atoms with Crippen LogP contribution >= 0.6 is 15.9 Å². The average Bonchev–Trinajstić information content (AvgIpc) is 2.53. The maximum Gasteiger partial charge on any atom is 0.337 e. The Morgan fingerprint density at radius 3 is 2.89 bits per heavy atom. The maximum absolute atomic E-state index is 11.3. The Bertz CT molecular complexity index is 490. The number of rotatable bonds is 2. The molecular formula is C12H13BrN2O3. The molecule has 0 bridgehead atoms. The highest BCUT2D eigenvalue weighted by Crippen LogP contribution is 2.25. The molecule has 1 heterocycles. The molecule has 0 spiro atoms. The van der Waals surface area contributed by atoms with Crippen LogP contribution < -0.4 is 10.2 Å². The van der Waals surface area contributed by atoms with E-state index in [4.69, 9.17) is 0 Å². The van der Waals surface area contributed by atoms with Crippen molar-refractivity contribution in [2.24, 2.45) is 0 Å². The van der Waals surface area contributed by atoms with Crippen molar-refractivity contribution in [1.29, 1.82) is 0 Å². The standard InChI is InChI=1S/C12H13BrN2O3/c13-8-1-2-9(12(17)18)10(7-8)15-5-3-11(16)14-4-6-15/h1-2,7H,3-6H2,(H,14,16)(H,17,18). The van der Waals surface area contributed by atoms with Gasteiger partial charge in [0, 0.05) is 30.5 Å². The molecule has 0 radical (unpaired) electrons. The molecule has 2 rings (SSSR count). The fraction of sp³-hybridized carbons (Fsp3) is 0.333. The zero-order valence-corrected chi connectivity index (χ0v) is 11.2. The van der Waals surface area contributed by atoms with E-state index in [0.717, 1.165) is 4.47 Å². The van der Waals surface area contributed by atoms with Gasteiger partial charge in [-0.3, -0.25) is 4.79 Å². The largest absolute Gasteiger partial charge is 0.478 e. The molecule has 1 fully saturated rings. The van der Waals surface area contributed by atoms with Gasteiger partial charge in [-0.15, -0.1) is 0 Å². The van der Waals surface area contributed by atoms with E-state index in [9.17, 15) is 14.7 Å². The van der Waals surface area contributed by atoms with E-state index in [0.29, 0.717) is 31.7 Å². The Kier molecular flexibility index (Phi) is 3.86. The predicted octanol–water partition coefficient (Wildman–Crippen LogP) is 1.47. The number of hydrogen-bond donors (Lipinski definition) is 2. The minimum atomic E-state index is -0.957. The number of amides is 1. The van der Waals surface area contributed by atoms with E-state index in [-0.39, 0.29) is 11.5 Å². The smallest absolute Gasteiger partial charge is 0.337 e. The number of nitrogens with one attached hydrogen (secondary N) is 1. The lowest BCUT2D eigenvalue weighted by molar-refractivity contribution is -0.120.